The van der Waals surface area contributed by atoms with Crippen LogP contribution in [0.25, 0.3) is 16.9 Å². The van der Waals surface area contributed by atoms with Gasteiger partial charge in [0.05, 0.1) is 12.0 Å². The van der Waals surface area contributed by atoms with Gasteiger partial charge in [-0.3, -0.25) is 14.2 Å². The molecule has 0 saturated carbocycles. The number of imidazole rings is 2. The third-order valence-electron chi connectivity index (χ3n) is 4.28. The summed E-state index contributed by atoms with van der Waals surface area (Å²) in [6.45, 7) is 2.27. The van der Waals surface area contributed by atoms with E-state index in [1.165, 1.54) is 4.40 Å². The Morgan fingerprint density at radius 3 is 2.67 bits per heavy atom. The van der Waals surface area contributed by atoms with Crippen LogP contribution >= 0.6 is 0 Å². The van der Waals surface area contributed by atoms with Crippen molar-refractivity contribution in [3.05, 3.63) is 64.0 Å². The van der Waals surface area contributed by atoms with E-state index < -0.39 is 0 Å². The second-order valence-corrected chi connectivity index (χ2v) is 5.73. The van der Waals surface area contributed by atoms with E-state index in [1.54, 1.807) is 24.9 Å². The quantitative estimate of drug-likeness (QED) is 0.537. The Labute approximate surface area is 136 Å². The highest BCUT2D eigenvalue weighted by atomic mass is 16.1. The Morgan fingerprint density at radius 1 is 1.21 bits per heavy atom. The number of hydrogen-bond donors (Lipinski definition) is 0. The average molecular weight is 321 g/mol. The molecule has 0 fully saturated rings. The van der Waals surface area contributed by atoms with Crippen LogP contribution in [0.3, 0.4) is 0 Å². The van der Waals surface area contributed by atoms with E-state index in [-0.39, 0.29) is 11.3 Å². The fraction of sp³-hybridized carbons (Fsp3) is 0.176. The molecule has 7 heteroatoms. The molecule has 4 rings (SSSR count). The molecular weight excluding hydrogens is 306 g/mol. The number of rotatable bonds is 3. The molecule has 1 aromatic carbocycles. The second-order valence-electron chi connectivity index (χ2n) is 5.73. The molecule has 3 heterocycles. The van der Waals surface area contributed by atoms with Crippen molar-refractivity contribution in [1.82, 2.24) is 23.5 Å². The summed E-state index contributed by atoms with van der Waals surface area (Å²) in [5, 5.41) is 0. The maximum atomic E-state index is 13.0. The number of aldehydes is 1. The average Bonchev–Trinajstić information content (AvgIpc) is 3.16. The Bertz CT molecular complexity index is 1130. The van der Waals surface area contributed by atoms with E-state index in [4.69, 9.17) is 0 Å². The molecule has 24 heavy (non-hydrogen) atoms. The lowest BCUT2D eigenvalue weighted by Crippen LogP contribution is -2.21. The van der Waals surface area contributed by atoms with Gasteiger partial charge < -0.3 is 4.57 Å². The summed E-state index contributed by atoms with van der Waals surface area (Å²) in [5.41, 5.74) is 2.71. The predicted molar refractivity (Wildman–Crippen MR) is 89.4 cm³/mol. The Hall–Kier alpha value is -3.22. The Balaban J connectivity index is 2.03. The number of carbonyl (C=O) groups is 1. The molecule has 0 atom stereocenters. The first-order valence-electron chi connectivity index (χ1n) is 7.54. The summed E-state index contributed by atoms with van der Waals surface area (Å²) < 4.78 is 5.03. The van der Waals surface area contributed by atoms with Gasteiger partial charge in [-0.2, -0.15) is 0 Å². The lowest BCUT2D eigenvalue weighted by Gasteiger charge is -2.07. The van der Waals surface area contributed by atoms with Crippen LogP contribution < -0.4 is 5.56 Å². The Morgan fingerprint density at radius 2 is 1.96 bits per heavy atom. The highest BCUT2D eigenvalue weighted by molar-refractivity contribution is 5.78. The van der Waals surface area contributed by atoms with Crippen molar-refractivity contribution >= 4 is 23.2 Å². The third kappa shape index (κ3) is 1.91. The van der Waals surface area contributed by atoms with Gasteiger partial charge in [-0.25, -0.2) is 14.4 Å². The smallest absolute Gasteiger partial charge is 0.285 e. The first-order chi connectivity index (χ1) is 11.6. The van der Waals surface area contributed by atoms with E-state index in [2.05, 4.69) is 9.97 Å². The molecule has 0 amide bonds. The molecule has 0 saturated heterocycles. The number of benzene rings is 1. The Kier molecular flexibility index (Phi) is 3.09. The van der Waals surface area contributed by atoms with Crippen molar-refractivity contribution in [2.24, 2.45) is 7.05 Å². The minimum absolute atomic E-state index is 0.218. The standard InChI is InChI=1S/C17H15N5O2/c1-11-13(9-23)19-17-20(2)15-14(16(24)22(11)17)21(10-18-15)8-12-6-4-3-5-7-12/h3-7,9-10H,8H2,1-2H3. The highest BCUT2D eigenvalue weighted by Crippen LogP contribution is 2.15. The number of carbonyl (C=O) groups excluding carboxylic acids is 1. The molecule has 0 aliphatic heterocycles. The highest BCUT2D eigenvalue weighted by Gasteiger charge is 2.19. The molecule has 0 aliphatic rings. The van der Waals surface area contributed by atoms with Gasteiger partial charge in [0, 0.05) is 13.6 Å². The molecule has 0 unspecified atom stereocenters. The largest absolute Gasteiger partial charge is 0.320 e. The summed E-state index contributed by atoms with van der Waals surface area (Å²) in [4.78, 5) is 32.8. The van der Waals surface area contributed by atoms with Crippen LogP contribution in [0.5, 0.6) is 0 Å². The van der Waals surface area contributed by atoms with Gasteiger partial charge >= 0.3 is 0 Å². The second kappa shape index (κ2) is 5.16. The summed E-state index contributed by atoms with van der Waals surface area (Å²) in [6.07, 6.45) is 2.33. The van der Waals surface area contributed by atoms with Gasteiger partial charge in [-0.1, -0.05) is 30.3 Å². The number of nitrogens with zero attached hydrogens (tertiary/aromatic N) is 5. The number of hydrogen-bond acceptors (Lipinski definition) is 4. The molecule has 3 aromatic heterocycles. The molecule has 0 spiro atoms. The van der Waals surface area contributed by atoms with Gasteiger partial charge in [0.25, 0.3) is 5.56 Å². The van der Waals surface area contributed by atoms with E-state index in [0.29, 0.717) is 35.5 Å². The number of aryl methyl sites for hydroxylation is 2. The van der Waals surface area contributed by atoms with Gasteiger partial charge in [0.2, 0.25) is 5.78 Å². The minimum atomic E-state index is -0.218. The van der Waals surface area contributed by atoms with Crippen molar-refractivity contribution < 1.29 is 4.79 Å². The van der Waals surface area contributed by atoms with Crippen molar-refractivity contribution in [2.45, 2.75) is 13.5 Å². The summed E-state index contributed by atoms with van der Waals surface area (Å²) in [5.74, 6) is 0.414. The van der Waals surface area contributed by atoms with Crippen LogP contribution in [0.1, 0.15) is 21.7 Å². The van der Waals surface area contributed by atoms with E-state index in [1.807, 2.05) is 34.9 Å². The van der Waals surface area contributed by atoms with Gasteiger partial charge in [0.1, 0.15) is 5.69 Å². The SMILES string of the molecule is Cc1c(C=O)nc2n(C)c3ncn(Cc4ccccc4)c3c(=O)n12. The zero-order chi connectivity index (χ0) is 16.8. The number of fused-ring (bicyclic) bond motifs is 2. The van der Waals surface area contributed by atoms with Crippen LogP contribution in [0.15, 0.2) is 41.5 Å². The van der Waals surface area contributed by atoms with Gasteiger partial charge in [-0.05, 0) is 12.5 Å². The van der Waals surface area contributed by atoms with Gasteiger partial charge in [0.15, 0.2) is 17.5 Å². The first kappa shape index (κ1) is 14.4. The monoisotopic (exact) mass is 321 g/mol. The normalized spacial score (nSPS) is 11.4. The maximum absolute atomic E-state index is 13.0. The lowest BCUT2D eigenvalue weighted by atomic mass is 10.2. The van der Waals surface area contributed by atoms with Crippen LogP contribution in [0, 0.1) is 6.92 Å². The molecule has 0 radical (unpaired) electrons. The molecule has 0 aliphatic carbocycles. The predicted octanol–water partition coefficient (Wildman–Crippen LogP) is 1.55. The molecule has 0 N–H and O–H groups in total. The molecule has 0 bridgehead atoms. The third-order valence-corrected chi connectivity index (χ3v) is 4.28. The zero-order valence-electron chi connectivity index (χ0n) is 13.3. The van der Waals surface area contributed by atoms with E-state index in [0.717, 1.165) is 5.56 Å². The molecular formula is C17H15N5O2. The van der Waals surface area contributed by atoms with Gasteiger partial charge in [-0.15, -0.1) is 0 Å². The van der Waals surface area contributed by atoms with Crippen molar-refractivity contribution in [2.75, 3.05) is 0 Å². The summed E-state index contributed by atoms with van der Waals surface area (Å²) >= 11 is 0. The molecule has 4 aromatic rings. The lowest BCUT2D eigenvalue weighted by molar-refractivity contribution is 0.111. The fourth-order valence-electron chi connectivity index (χ4n) is 3.02. The van der Waals surface area contributed by atoms with Crippen molar-refractivity contribution in [3.63, 3.8) is 0 Å². The summed E-state index contributed by atoms with van der Waals surface area (Å²) in [6, 6.07) is 9.87. The topological polar surface area (TPSA) is 74.2 Å². The molecule has 120 valence electrons. The first-order valence-corrected chi connectivity index (χ1v) is 7.54. The van der Waals surface area contributed by atoms with Crippen LogP contribution in [0.2, 0.25) is 0 Å². The van der Waals surface area contributed by atoms with Crippen LogP contribution in [-0.4, -0.2) is 29.8 Å². The van der Waals surface area contributed by atoms with Crippen LogP contribution in [0.4, 0.5) is 0 Å². The van der Waals surface area contributed by atoms with Crippen molar-refractivity contribution in [1.29, 1.82) is 0 Å². The van der Waals surface area contributed by atoms with E-state index in [9.17, 15) is 9.59 Å². The fourth-order valence-corrected chi connectivity index (χ4v) is 3.02. The maximum Gasteiger partial charge on any atom is 0.285 e. The zero-order valence-corrected chi connectivity index (χ0v) is 13.3. The summed E-state index contributed by atoms with van der Waals surface area (Å²) in [7, 11) is 1.79. The minimum Gasteiger partial charge on any atom is -0.320 e. The molecule has 7 nitrogen and oxygen atoms in total. The number of aromatic nitrogens is 5. The van der Waals surface area contributed by atoms with Crippen LogP contribution in [-0.2, 0) is 13.6 Å². The van der Waals surface area contributed by atoms with E-state index >= 15 is 0 Å². The van der Waals surface area contributed by atoms with Crippen molar-refractivity contribution in [3.8, 4) is 0 Å².